The first-order chi connectivity index (χ1) is 11.0. The van der Waals surface area contributed by atoms with Gasteiger partial charge < -0.3 is 14.6 Å². The number of hydrogen-bond donors (Lipinski definition) is 1. The minimum atomic E-state index is -0.142. The first kappa shape index (κ1) is 15.6. The van der Waals surface area contributed by atoms with Gasteiger partial charge in [-0.25, -0.2) is 0 Å². The predicted molar refractivity (Wildman–Crippen MR) is 87.7 cm³/mol. The summed E-state index contributed by atoms with van der Waals surface area (Å²) >= 11 is 6.13. The van der Waals surface area contributed by atoms with E-state index in [9.17, 15) is 9.59 Å². The quantitative estimate of drug-likeness (QED) is 0.933. The van der Waals surface area contributed by atoms with E-state index < -0.39 is 0 Å². The molecule has 0 unspecified atom stereocenters. The zero-order chi connectivity index (χ0) is 16.6. The van der Waals surface area contributed by atoms with E-state index in [-0.39, 0.29) is 23.7 Å². The van der Waals surface area contributed by atoms with Crippen LogP contribution in [0.2, 0.25) is 5.02 Å². The SMILES string of the molecule is CN(C)C(=O)c1ccc(Cl)c(NC(=O)[C@H]2C[C@H]2c2ccco2)c1. The van der Waals surface area contributed by atoms with Crippen LogP contribution in [0.1, 0.15) is 28.5 Å². The molecule has 1 aromatic heterocycles. The van der Waals surface area contributed by atoms with Crippen LogP contribution in [0.3, 0.4) is 0 Å². The van der Waals surface area contributed by atoms with E-state index in [1.807, 2.05) is 12.1 Å². The molecule has 6 heteroatoms. The first-order valence-electron chi connectivity index (χ1n) is 7.33. The fourth-order valence-electron chi connectivity index (χ4n) is 2.54. The van der Waals surface area contributed by atoms with Gasteiger partial charge in [0.05, 0.1) is 17.0 Å². The maximum atomic E-state index is 12.3. The van der Waals surface area contributed by atoms with Crippen LogP contribution in [0.4, 0.5) is 5.69 Å². The molecular weight excluding hydrogens is 316 g/mol. The van der Waals surface area contributed by atoms with E-state index in [2.05, 4.69) is 5.32 Å². The lowest BCUT2D eigenvalue weighted by molar-refractivity contribution is -0.117. The number of carbonyl (C=O) groups excluding carboxylic acids is 2. The van der Waals surface area contributed by atoms with Gasteiger partial charge in [0, 0.05) is 31.5 Å². The van der Waals surface area contributed by atoms with E-state index in [4.69, 9.17) is 16.0 Å². The number of anilines is 1. The van der Waals surface area contributed by atoms with Crippen molar-refractivity contribution in [3.05, 3.63) is 52.9 Å². The summed E-state index contributed by atoms with van der Waals surface area (Å²) in [5.41, 5.74) is 0.933. The second kappa shape index (κ2) is 6.08. The molecule has 1 N–H and O–H groups in total. The highest BCUT2D eigenvalue weighted by Crippen LogP contribution is 2.48. The second-order valence-electron chi connectivity index (χ2n) is 5.85. The lowest BCUT2D eigenvalue weighted by Gasteiger charge is -2.13. The maximum Gasteiger partial charge on any atom is 0.253 e. The number of rotatable bonds is 4. The Morgan fingerprint density at radius 3 is 2.74 bits per heavy atom. The molecule has 1 fully saturated rings. The van der Waals surface area contributed by atoms with Crippen LogP contribution in [0.5, 0.6) is 0 Å². The second-order valence-corrected chi connectivity index (χ2v) is 6.25. The van der Waals surface area contributed by atoms with Crippen molar-refractivity contribution in [3.63, 3.8) is 0 Å². The number of benzene rings is 1. The highest BCUT2D eigenvalue weighted by Gasteiger charge is 2.45. The fourth-order valence-corrected chi connectivity index (χ4v) is 2.70. The zero-order valence-electron chi connectivity index (χ0n) is 12.9. The van der Waals surface area contributed by atoms with E-state index >= 15 is 0 Å². The summed E-state index contributed by atoms with van der Waals surface area (Å²) in [6, 6.07) is 8.55. The molecule has 2 amide bonds. The van der Waals surface area contributed by atoms with Crippen LogP contribution in [0, 0.1) is 5.92 Å². The molecule has 2 atom stereocenters. The van der Waals surface area contributed by atoms with Crippen LogP contribution in [0.25, 0.3) is 0 Å². The Morgan fingerprint density at radius 1 is 1.30 bits per heavy atom. The van der Waals surface area contributed by atoms with Crippen molar-refractivity contribution in [2.24, 2.45) is 5.92 Å². The van der Waals surface area contributed by atoms with Crippen molar-refractivity contribution < 1.29 is 14.0 Å². The molecule has 0 saturated heterocycles. The Morgan fingerprint density at radius 2 is 2.09 bits per heavy atom. The molecule has 1 aliphatic carbocycles. The van der Waals surface area contributed by atoms with Crippen LogP contribution >= 0.6 is 11.6 Å². The van der Waals surface area contributed by atoms with Gasteiger partial charge in [-0.1, -0.05) is 11.6 Å². The standard InChI is InChI=1S/C17H17ClN2O3/c1-20(2)17(22)10-5-6-13(18)14(8-10)19-16(21)12-9-11(12)15-4-3-7-23-15/h3-8,11-12H,9H2,1-2H3,(H,19,21)/t11-,12+/m1/s1. The molecule has 3 rings (SSSR count). The van der Waals surface area contributed by atoms with E-state index in [1.54, 1.807) is 38.6 Å². The van der Waals surface area contributed by atoms with Crippen LogP contribution in [0.15, 0.2) is 41.0 Å². The van der Waals surface area contributed by atoms with Gasteiger partial charge in [0.2, 0.25) is 5.91 Å². The average Bonchev–Trinajstić information content (AvgIpc) is 3.14. The Labute approximate surface area is 139 Å². The molecule has 0 bridgehead atoms. The number of halogens is 1. The maximum absolute atomic E-state index is 12.3. The van der Waals surface area contributed by atoms with Crippen molar-refractivity contribution in [2.75, 3.05) is 19.4 Å². The summed E-state index contributed by atoms with van der Waals surface area (Å²) in [5, 5.41) is 3.22. The van der Waals surface area contributed by atoms with E-state index in [0.717, 1.165) is 12.2 Å². The topological polar surface area (TPSA) is 62.6 Å². The third kappa shape index (κ3) is 3.24. The van der Waals surface area contributed by atoms with E-state index in [0.29, 0.717) is 16.3 Å². The van der Waals surface area contributed by atoms with Crippen molar-refractivity contribution in [1.82, 2.24) is 4.90 Å². The number of hydrogen-bond acceptors (Lipinski definition) is 3. The minimum Gasteiger partial charge on any atom is -0.469 e. The van der Waals surface area contributed by atoms with Gasteiger partial charge in [0.15, 0.2) is 0 Å². The molecule has 120 valence electrons. The van der Waals surface area contributed by atoms with Crippen molar-refractivity contribution in [3.8, 4) is 0 Å². The smallest absolute Gasteiger partial charge is 0.253 e. The summed E-state index contributed by atoms with van der Waals surface area (Å²) < 4.78 is 5.33. The lowest BCUT2D eigenvalue weighted by atomic mass is 10.1. The number of carbonyl (C=O) groups is 2. The van der Waals surface area contributed by atoms with Gasteiger partial charge in [-0.05, 0) is 36.8 Å². The van der Waals surface area contributed by atoms with Crippen molar-refractivity contribution in [2.45, 2.75) is 12.3 Å². The lowest BCUT2D eigenvalue weighted by Crippen LogP contribution is -2.22. The molecule has 5 nitrogen and oxygen atoms in total. The third-order valence-corrected chi connectivity index (χ3v) is 4.24. The summed E-state index contributed by atoms with van der Waals surface area (Å²) in [6.07, 6.45) is 2.36. The third-order valence-electron chi connectivity index (χ3n) is 3.91. The first-order valence-corrected chi connectivity index (χ1v) is 7.70. The van der Waals surface area contributed by atoms with Gasteiger partial charge in [-0.15, -0.1) is 0 Å². The average molecular weight is 333 g/mol. The molecule has 1 aliphatic rings. The van der Waals surface area contributed by atoms with Gasteiger partial charge in [0.1, 0.15) is 5.76 Å². The van der Waals surface area contributed by atoms with Crippen LogP contribution in [-0.4, -0.2) is 30.8 Å². The summed E-state index contributed by atoms with van der Waals surface area (Å²) in [6.45, 7) is 0. The minimum absolute atomic E-state index is 0.109. The van der Waals surface area contributed by atoms with E-state index in [1.165, 1.54) is 4.90 Å². The van der Waals surface area contributed by atoms with Gasteiger partial charge in [-0.2, -0.15) is 0 Å². The van der Waals surface area contributed by atoms with Gasteiger partial charge in [-0.3, -0.25) is 9.59 Å². The summed E-state index contributed by atoms with van der Waals surface area (Å²) in [4.78, 5) is 25.8. The Bertz CT molecular complexity index is 740. The van der Waals surface area contributed by atoms with Gasteiger partial charge >= 0.3 is 0 Å². The highest BCUT2D eigenvalue weighted by atomic mass is 35.5. The summed E-state index contributed by atoms with van der Waals surface area (Å²) in [7, 11) is 3.35. The Hall–Kier alpha value is -2.27. The predicted octanol–water partition coefficient (Wildman–Crippen LogP) is 3.38. The van der Waals surface area contributed by atoms with Gasteiger partial charge in [0.25, 0.3) is 5.91 Å². The molecule has 0 radical (unpaired) electrons. The zero-order valence-corrected chi connectivity index (χ0v) is 13.6. The molecule has 1 heterocycles. The molecule has 1 saturated carbocycles. The number of nitrogens with one attached hydrogen (secondary N) is 1. The molecular formula is C17H17ClN2O3. The fraction of sp³-hybridized carbons (Fsp3) is 0.294. The Kier molecular flexibility index (Phi) is 4.13. The molecule has 23 heavy (non-hydrogen) atoms. The Balaban J connectivity index is 1.71. The van der Waals surface area contributed by atoms with Crippen molar-refractivity contribution in [1.29, 1.82) is 0 Å². The molecule has 1 aromatic carbocycles. The highest BCUT2D eigenvalue weighted by molar-refractivity contribution is 6.34. The number of amides is 2. The monoisotopic (exact) mass is 332 g/mol. The molecule has 0 spiro atoms. The molecule has 0 aliphatic heterocycles. The number of furan rings is 1. The number of nitrogens with zero attached hydrogens (tertiary/aromatic N) is 1. The largest absolute Gasteiger partial charge is 0.469 e. The van der Waals surface area contributed by atoms with Crippen LogP contribution < -0.4 is 5.32 Å². The summed E-state index contributed by atoms with van der Waals surface area (Å²) in [5.74, 6) is 0.577. The normalized spacial score (nSPS) is 19.3. The molecule has 2 aromatic rings. The van der Waals surface area contributed by atoms with Crippen molar-refractivity contribution >= 4 is 29.1 Å². The van der Waals surface area contributed by atoms with Crippen LogP contribution in [-0.2, 0) is 4.79 Å².